The van der Waals surface area contributed by atoms with Gasteiger partial charge in [0.15, 0.2) is 0 Å². The van der Waals surface area contributed by atoms with E-state index in [2.05, 4.69) is 6.92 Å². The van der Waals surface area contributed by atoms with Crippen molar-refractivity contribution in [1.82, 2.24) is 0 Å². The summed E-state index contributed by atoms with van der Waals surface area (Å²) in [6.45, 7) is 6.63. The number of rotatable bonds is 4. The van der Waals surface area contributed by atoms with Crippen LogP contribution in [0.15, 0.2) is 6.07 Å². The van der Waals surface area contributed by atoms with Crippen LogP contribution >= 0.6 is 11.3 Å². The van der Waals surface area contributed by atoms with Crippen molar-refractivity contribution < 1.29 is 9.53 Å². The van der Waals surface area contributed by atoms with E-state index < -0.39 is 0 Å². The zero-order valence-electron chi connectivity index (χ0n) is 8.92. The van der Waals surface area contributed by atoms with Gasteiger partial charge in [0.1, 0.15) is 4.88 Å². The molecular formula is C11H16O2S. The standard InChI is InChI=1S/C11H16O2S/c1-4-6-13-11(12)10-7-8(3)9(5-2)14-10/h7H,4-6H2,1-3H3. The lowest BCUT2D eigenvalue weighted by atomic mass is 10.2. The minimum absolute atomic E-state index is 0.181. The summed E-state index contributed by atoms with van der Waals surface area (Å²) in [5.74, 6) is -0.181. The van der Waals surface area contributed by atoms with Crippen molar-refractivity contribution in [3.05, 3.63) is 21.4 Å². The SMILES string of the molecule is CCCOC(=O)c1cc(C)c(CC)s1. The average molecular weight is 212 g/mol. The van der Waals surface area contributed by atoms with Crippen molar-refractivity contribution in [3.8, 4) is 0 Å². The molecule has 0 unspecified atom stereocenters. The van der Waals surface area contributed by atoms with Crippen molar-refractivity contribution in [2.45, 2.75) is 33.6 Å². The molecule has 0 aliphatic carbocycles. The molecule has 1 heterocycles. The van der Waals surface area contributed by atoms with Crippen LogP contribution < -0.4 is 0 Å². The first kappa shape index (κ1) is 11.2. The highest BCUT2D eigenvalue weighted by Gasteiger charge is 2.12. The van der Waals surface area contributed by atoms with Crippen molar-refractivity contribution in [1.29, 1.82) is 0 Å². The summed E-state index contributed by atoms with van der Waals surface area (Å²) in [6.07, 6.45) is 1.86. The quantitative estimate of drug-likeness (QED) is 0.716. The largest absolute Gasteiger partial charge is 0.462 e. The molecule has 1 aromatic rings. The Balaban J connectivity index is 2.70. The number of aryl methyl sites for hydroxylation is 2. The summed E-state index contributed by atoms with van der Waals surface area (Å²) in [4.78, 5) is 13.5. The highest BCUT2D eigenvalue weighted by atomic mass is 32.1. The Bertz CT molecular complexity index is 315. The zero-order chi connectivity index (χ0) is 10.6. The molecule has 78 valence electrons. The van der Waals surface area contributed by atoms with Crippen LogP contribution in [0.4, 0.5) is 0 Å². The summed E-state index contributed by atoms with van der Waals surface area (Å²) in [5.41, 5.74) is 1.20. The second kappa shape index (κ2) is 5.15. The van der Waals surface area contributed by atoms with Crippen LogP contribution in [-0.2, 0) is 11.2 Å². The maximum Gasteiger partial charge on any atom is 0.348 e. The van der Waals surface area contributed by atoms with Crippen LogP contribution in [0, 0.1) is 6.92 Å². The number of ether oxygens (including phenoxy) is 1. The predicted molar refractivity (Wildman–Crippen MR) is 59.0 cm³/mol. The number of hydrogen-bond donors (Lipinski definition) is 0. The Morgan fingerprint density at radius 2 is 2.21 bits per heavy atom. The molecule has 0 atom stereocenters. The van der Waals surface area contributed by atoms with Gasteiger partial charge in [0.05, 0.1) is 6.61 Å². The normalized spacial score (nSPS) is 10.2. The lowest BCUT2D eigenvalue weighted by Crippen LogP contribution is -2.03. The molecule has 0 aliphatic heterocycles. The van der Waals surface area contributed by atoms with Gasteiger partial charge in [-0.3, -0.25) is 0 Å². The molecule has 0 saturated heterocycles. The van der Waals surface area contributed by atoms with Gasteiger partial charge in [-0.15, -0.1) is 11.3 Å². The fourth-order valence-electron chi connectivity index (χ4n) is 1.24. The van der Waals surface area contributed by atoms with E-state index in [4.69, 9.17) is 4.74 Å². The molecule has 0 bridgehead atoms. The molecule has 0 amide bonds. The van der Waals surface area contributed by atoms with E-state index in [-0.39, 0.29) is 5.97 Å². The molecule has 0 radical (unpaired) electrons. The Hall–Kier alpha value is -0.830. The van der Waals surface area contributed by atoms with Crippen LogP contribution in [0.1, 0.15) is 40.4 Å². The van der Waals surface area contributed by atoms with Crippen LogP contribution in [0.3, 0.4) is 0 Å². The predicted octanol–water partition coefficient (Wildman–Crippen LogP) is 3.19. The van der Waals surface area contributed by atoms with Gasteiger partial charge in [-0.1, -0.05) is 13.8 Å². The molecule has 0 aliphatic rings. The fraction of sp³-hybridized carbons (Fsp3) is 0.545. The number of carbonyl (C=O) groups excluding carboxylic acids is 1. The first-order valence-corrected chi connectivity index (χ1v) is 5.77. The molecule has 2 nitrogen and oxygen atoms in total. The van der Waals surface area contributed by atoms with E-state index in [1.807, 2.05) is 19.9 Å². The van der Waals surface area contributed by atoms with Gasteiger partial charge in [-0.05, 0) is 31.4 Å². The van der Waals surface area contributed by atoms with Gasteiger partial charge >= 0.3 is 5.97 Å². The third kappa shape index (κ3) is 2.58. The van der Waals surface area contributed by atoms with E-state index in [9.17, 15) is 4.79 Å². The van der Waals surface area contributed by atoms with Crippen molar-refractivity contribution >= 4 is 17.3 Å². The molecule has 3 heteroatoms. The van der Waals surface area contributed by atoms with Gasteiger partial charge < -0.3 is 4.74 Å². The average Bonchev–Trinajstić information content (AvgIpc) is 2.56. The van der Waals surface area contributed by atoms with Crippen LogP contribution in [0.5, 0.6) is 0 Å². The third-order valence-corrected chi connectivity index (χ3v) is 3.34. The Morgan fingerprint density at radius 1 is 1.50 bits per heavy atom. The minimum atomic E-state index is -0.181. The highest BCUT2D eigenvalue weighted by molar-refractivity contribution is 7.14. The topological polar surface area (TPSA) is 26.3 Å². The molecule has 0 aromatic carbocycles. The smallest absolute Gasteiger partial charge is 0.348 e. The van der Waals surface area contributed by atoms with Gasteiger partial charge in [-0.2, -0.15) is 0 Å². The summed E-state index contributed by atoms with van der Waals surface area (Å²) in [5, 5.41) is 0. The summed E-state index contributed by atoms with van der Waals surface area (Å²) < 4.78 is 5.06. The molecule has 1 rings (SSSR count). The van der Waals surface area contributed by atoms with Crippen molar-refractivity contribution in [2.75, 3.05) is 6.61 Å². The second-order valence-electron chi connectivity index (χ2n) is 3.21. The number of hydrogen-bond acceptors (Lipinski definition) is 3. The molecule has 0 saturated carbocycles. The Morgan fingerprint density at radius 3 is 2.71 bits per heavy atom. The van der Waals surface area contributed by atoms with E-state index in [0.717, 1.165) is 17.7 Å². The van der Waals surface area contributed by atoms with Gasteiger partial charge in [0.25, 0.3) is 0 Å². The maximum atomic E-state index is 11.5. The van der Waals surface area contributed by atoms with Gasteiger partial charge in [0.2, 0.25) is 0 Å². The summed E-state index contributed by atoms with van der Waals surface area (Å²) >= 11 is 1.54. The van der Waals surface area contributed by atoms with Gasteiger partial charge in [0, 0.05) is 4.88 Å². The number of carbonyl (C=O) groups is 1. The Labute approximate surface area is 88.9 Å². The van der Waals surface area contributed by atoms with Gasteiger partial charge in [-0.25, -0.2) is 4.79 Å². The lowest BCUT2D eigenvalue weighted by molar-refractivity contribution is 0.0511. The number of esters is 1. The van der Waals surface area contributed by atoms with Crippen molar-refractivity contribution in [2.24, 2.45) is 0 Å². The van der Waals surface area contributed by atoms with E-state index in [0.29, 0.717) is 6.61 Å². The van der Waals surface area contributed by atoms with E-state index in [1.165, 1.54) is 10.4 Å². The minimum Gasteiger partial charge on any atom is -0.462 e. The molecule has 0 N–H and O–H groups in total. The fourth-order valence-corrected chi connectivity index (χ4v) is 2.24. The van der Waals surface area contributed by atoms with Crippen LogP contribution in [0.25, 0.3) is 0 Å². The first-order chi connectivity index (χ1) is 6.69. The summed E-state index contributed by atoms with van der Waals surface area (Å²) in [6, 6.07) is 1.92. The molecule has 0 fully saturated rings. The molecular weight excluding hydrogens is 196 g/mol. The highest BCUT2D eigenvalue weighted by Crippen LogP contribution is 2.22. The molecule has 14 heavy (non-hydrogen) atoms. The second-order valence-corrected chi connectivity index (χ2v) is 4.34. The van der Waals surface area contributed by atoms with Crippen LogP contribution in [0.2, 0.25) is 0 Å². The van der Waals surface area contributed by atoms with E-state index >= 15 is 0 Å². The lowest BCUT2D eigenvalue weighted by Gasteiger charge is -1.98. The first-order valence-electron chi connectivity index (χ1n) is 4.95. The monoisotopic (exact) mass is 212 g/mol. The maximum absolute atomic E-state index is 11.5. The molecule has 1 aromatic heterocycles. The third-order valence-electron chi connectivity index (χ3n) is 1.98. The Kier molecular flexibility index (Phi) is 4.14. The van der Waals surface area contributed by atoms with Crippen molar-refractivity contribution in [3.63, 3.8) is 0 Å². The van der Waals surface area contributed by atoms with Crippen LogP contribution in [-0.4, -0.2) is 12.6 Å². The van der Waals surface area contributed by atoms with E-state index in [1.54, 1.807) is 11.3 Å². The zero-order valence-corrected chi connectivity index (χ0v) is 9.74. The summed E-state index contributed by atoms with van der Waals surface area (Å²) in [7, 11) is 0. The molecule has 0 spiro atoms. The number of thiophene rings is 1.